The smallest absolute Gasteiger partial charge is 0.247 e. The average molecular weight is 343 g/mol. The molecular weight excluding hydrogens is 322 g/mol. The molecule has 2 heterocycles. The summed E-state index contributed by atoms with van der Waals surface area (Å²) in [5.41, 5.74) is 7.06. The van der Waals surface area contributed by atoms with Gasteiger partial charge in [0.2, 0.25) is 11.1 Å². The van der Waals surface area contributed by atoms with Crippen molar-refractivity contribution in [2.45, 2.75) is 48.9 Å². The highest BCUT2D eigenvalue weighted by atomic mass is 32.2. The van der Waals surface area contributed by atoms with Crippen molar-refractivity contribution in [2.75, 3.05) is 18.4 Å². The summed E-state index contributed by atoms with van der Waals surface area (Å²) in [6.07, 6.45) is 7.06. The van der Waals surface area contributed by atoms with E-state index in [1.807, 2.05) is 0 Å². The summed E-state index contributed by atoms with van der Waals surface area (Å²) in [6, 6.07) is 2.41. The Labute approximate surface area is 143 Å². The number of aryl methyl sites for hydroxylation is 2. The third-order valence-corrected chi connectivity index (χ3v) is 6.91. The molecule has 0 amide bonds. The number of aromatic amines is 1. The summed E-state index contributed by atoms with van der Waals surface area (Å²) in [5.74, 6) is 0.542. The van der Waals surface area contributed by atoms with Gasteiger partial charge >= 0.3 is 0 Å². The minimum atomic E-state index is -1.11. The molecule has 0 bridgehead atoms. The van der Waals surface area contributed by atoms with E-state index < -0.39 is 10.8 Å². The van der Waals surface area contributed by atoms with Crippen molar-refractivity contribution in [3.63, 3.8) is 0 Å². The van der Waals surface area contributed by atoms with Crippen LogP contribution >= 0.6 is 0 Å². The van der Waals surface area contributed by atoms with Crippen molar-refractivity contribution in [3.8, 4) is 0 Å². The Morgan fingerprint density at radius 1 is 1.08 bits per heavy atom. The van der Waals surface area contributed by atoms with Gasteiger partial charge in [-0.3, -0.25) is 9.31 Å². The normalized spacial score (nSPS) is 20.5. The number of hydrogen-bond donors (Lipinski definition) is 3. The minimum Gasteiger partial charge on any atom is -0.322 e. The largest absolute Gasteiger partial charge is 0.322 e. The fraction of sp³-hybridized carbons (Fsp3) is 0.529. The summed E-state index contributed by atoms with van der Waals surface area (Å²) in [6.45, 7) is 1.57. The van der Waals surface area contributed by atoms with E-state index in [0.717, 1.165) is 25.9 Å². The molecule has 0 radical (unpaired) electrons. The molecule has 6 nitrogen and oxygen atoms in total. The number of aromatic nitrogens is 3. The van der Waals surface area contributed by atoms with Crippen LogP contribution in [0, 0.1) is 0 Å². The summed E-state index contributed by atoms with van der Waals surface area (Å²) in [5, 5.41) is 14.3. The van der Waals surface area contributed by atoms with Crippen LogP contribution in [0.3, 0.4) is 0 Å². The highest BCUT2D eigenvalue weighted by Crippen LogP contribution is 2.39. The van der Waals surface area contributed by atoms with Gasteiger partial charge in [0.05, 0.1) is 16.0 Å². The van der Waals surface area contributed by atoms with Gasteiger partial charge in [-0.15, -0.1) is 5.10 Å². The Bertz CT molecular complexity index is 794. The van der Waals surface area contributed by atoms with E-state index in [9.17, 15) is 4.21 Å². The summed E-state index contributed by atoms with van der Waals surface area (Å²) >= 11 is 0. The predicted octanol–water partition coefficient (Wildman–Crippen LogP) is 1.61. The third-order valence-electron chi connectivity index (χ3n) is 5.41. The second-order valence-electron chi connectivity index (χ2n) is 6.90. The minimum absolute atomic E-state index is 0.149. The van der Waals surface area contributed by atoms with E-state index in [1.165, 1.54) is 53.6 Å². The van der Waals surface area contributed by atoms with Gasteiger partial charge in [-0.05, 0) is 60.8 Å². The fourth-order valence-electron chi connectivity index (χ4n) is 4.04. The number of H-pyrrole nitrogens is 1. The molecule has 1 unspecified atom stereocenters. The van der Waals surface area contributed by atoms with Gasteiger partial charge in [0.25, 0.3) is 0 Å². The quantitative estimate of drug-likeness (QED) is 0.785. The Morgan fingerprint density at radius 3 is 2.42 bits per heavy atom. The van der Waals surface area contributed by atoms with Crippen LogP contribution in [0.4, 0.5) is 11.6 Å². The molecule has 1 aromatic carbocycles. The number of hydrogen-bond acceptors (Lipinski definition) is 5. The van der Waals surface area contributed by atoms with E-state index in [1.54, 1.807) is 0 Å². The first-order valence-corrected chi connectivity index (χ1v) is 9.98. The van der Waals surface area contributed by atoms with Crippen LogP contribution in [0.15, 0.2) is 11.2 Å². The predicted molar refractivity (Wildman–Crippen MR) is 93.2 cm³/mol. The van der Waals surface area contributed by atoms with Crippen LogP contribution < -0.4 is 10.6 Å². The van der Waals surface area contributed by atoms with Gasteiger partial charge in [0.1, 0.15) is 0 Å². The second-order valence-corrected chi connectivity index (χ2v) is 8.55. The first-order chi connectivity index (χ1) is 11.8. The molecule has 5 rings (SSSR count). The number of rotatable bonds is 4. The SMILES string of the molecule is O=S(c1nc(Nc2c3c(cc4c2CCC4)CCC3)n[nH]1)C1CNC1. The first-order valence-electron chi connectivity index (χ1n) is 8.77. The van der Waals surface area contributed by atoms with Crippen molar-refractivity contribution < 1.29 is 4.21 Å². The highest BCUT2D eigenvalue weighted by molar-refractivity contribution is 7.85. The Kier molecular flexibility index (Phi) is 3.45. The summed E-state index contributed by atoms with van der Waals surface area (Å²) < 4.78 is 12.4. The van der Waals surface area contributed by atoms with Crippen LogP contribution in [-0.2, 0) is 36.5 Å². The highest BCUT2D eigenvalue weighted by Gasteiger charge is 2.28. The second kappa shape index (κ2) is 5.67. The molecule has 3 N–H and O–H groups in total. The van der Waals surface area contributed by atoms with Crippen molar-refractivity contribution in [3.05, 3.63) is 28.3 Å². The van der Waals surface area contributed by atoms with E-state index in [4.69, 9.17) is 0 Å². The topological polar surface area (TPSA) is 82.7 Å². The maximum atomic E-state index is 12.4. The number of fused-ring (bicyclic) bond motifs is 2. The van der Waals surface area contributed by atoms with Crippen molar-refractivity contribution >= 4 is 22.4 Å². The lowest BCUT2D eigenvalue weighted by Gasteiger charge is -2.24. The monoisotopic (exact) mass is 343 g/mol. The Morgan fingerprint density at radius 2 is 1.79 bits per heavy atom. The number of nitrogens with zero attached hydrogens (tertiary/aromatic N) is 2. The molecular formula is C17H21N5OS. The molecule has 1 aliphatic heterocycles. The first kappa shape index (κ1) is 14.6. The van der Waals surface area contributed by atoms with E-state index >= 15 is 0 Å². The molecule has 2 aliphatic carbocycles. The molecule has 1 fully saturated rings. The van der Waals surface area contributed by atoms with Crippen LogP contribution in [0.5, 0.6) is 0 Å². The lowest BCUT2D eigenvalue weighted by Crippen LogP contribution is -2.49. The van der Waals surface area contributed by atoms with Crippen molar-refractivity contribution in [1.82, 2.24) is 20.5 Å². The van der Waals surface area contributed by atoms with Crippen LogP contribution in [-0.4, -0.2) is 37.7 Å². The zero-order chi connectivity index (χ0) is 16.1. The van der Waals surface area contributed by atoms with Gasteiger partial charge in [-0.1, -0.05) is 6.07 Å². The number of nitrogens with one attached hydrogen (secondary N) is 3. The molecule has 3 aliphatic rings. The molecule has 1 saturated heterocycles. The fourth-order valence-corrected chi connectivity index (χ4v) is 5.21. The molecule has 0 saturated carbocycles. The van der Waals surface area contributed by atoms with Crippen molar-refractivity contribution in [2.24, 2.45) is 0 Å². The van der Waals surface area contributed by atoms with Gasteiger partial charge in [-0.25, -0.2) is 0 Å². The standard InChI is InChI=1S/C17H21N5OS/c23-24(12-8-18-9-12)17-20-16(21-22-17)19-15-13-5-1-3-10(13)7-11-4-2-6-14(11)15/h7,12,18H,1-6,8-9H2,(H2,19,20,21,22). The van der Waals surface area contributed by atoms with Crippen molar-refractivity contribution in [1.29, 1.82) is 0 Å². The zero-order valence-electron chi connectivity index (χ0n) is 13.5. The van der Waals surface area contributed by atoms with Gasteiger partial charge in [0.15, 0.2) is 0 Å². The van der Waals surface area contributed by atoms with E-state index in [0.29, 0.717) is 11.1 Å². The summed E-state index contributed by atoms with van der Waals surface area (Å²) in [7, 11) is -1.11. The van der Waals surface area contributed by atoms with Gasteiger partial charge < -0.3 is 10.6 Å². The van der Waals surface area contributed by atoms with E-state index in [2.05, 4.69) is 31.9 Å². The molecule has 1 aromatic heterocycles. The average Bonchev–Trinajstić information content (AvgIpc) is 3.24. The van der Waals surface area contributed by atoms with Crippen LogP contribution in [0.25, 0.3) is 0 Å². The van der Waals surface area contributed by atoms with E-state index in [-0.39, 0.29) is 5.25 Å². The maximum absolute atomic E-state index is 12.4. The molecule has 24 heavy (non-hydrogen) atoms. The van der Waals surface area contributed by atoms with Gasteiger partial charge in [0, 0.05) is 18.8 Å². The Balaban J connectivity index is 1.46. The number of anilines is 2. The van der Waals surface area contributed by atoms with Crippen LogP contribution in [0.1, 0.15) is 35.1 Å². The molecule has 126 valence electrons. The molecule has 7 heteroatoms. The Hall–Kier alpha value is -1.73. The van der Waals surface area contributed by atoms with Crippen LogP contribution in [0.2, 0.25) is 0 Å². The van der Waals surface area contributed by atoms with Gasteiger partial charge in [-0.2, -0.15) is 4.98 Å². The molecule has 1 atom stereocenters. The maximum Gasteiger partial charge on any atom is 0.247 e. The number of benzene rings is 1. The molecule has 2 aromatic rings. The molecule has 0 spiro atoms. The zero-order valence-corrected chi connectivity index (χ0v) is 14.3. The lowest BCUT2D eigenvalue weighted by molar-refractivity contribution is 0.523. The lowest BCUT2D eigenvalue weighted by atomic mass is 9.99. The summed E-state index contributed by atoms with van der Waals surface area (Å²) in [4.78, 5) is 4.45. The third kappa shape index (κ3) is 2.29.